The van der Waals surface area contributed by atoms with Crippen LogP contribution < -0.4 is 11.1 Å². The summed E-state index contributed by atoms with van der Waals surface area (Å²) in [6.45, 7) is 4.30. The third-order valence-corrected chi connectivity index (χ3v) is 2.98. The lowest BCUT2D eigenvalue weighted by molar-refractivity contribution is 0.0946. The van der Waals surface area contributed by atoms with Gasteiger partial charge in [-0.15, -0.1) is 0 Å². The van der Waals surface area contributed by atoms with Gasteiger partial charge in [0.1, 0.15) is 5.69 Å². The zero-order chi connectivity index (χ0) is 13.3. The van der Waals surface area contributed by atoms with Gasteiger partial charge in [-0.25, -0.2) is 0 Å². The third-order valence-electron chi connectivity index (χ3n) is 2.98. The number of aryl methyl sites for hydroxylation is 2. The Bertz CT molecular complexity index is 582. The number of hydrogen-bond donors (Lipinski definition) is 3. The van der Waals surface area contributed by atoms with E-state index in [-0.39, 0.29) is 11.6 Å². The molecule has 2 aromatic rings. The first-order valence-corrected chi connectivity index (χ1v) is 5.56. The van der Waals surface area contributed by atoms with Crippen LogP contribution in [0.15, 0.2) is 6.20 Å². The largest absolute Gasteiger partial charge is 0.396 e. The summed E-state index contributed by atoms with van der Waals surface area (Å²) in [4.78, 5) is 11.8. The second-order valence-corrected chi connectivity index (χ2v) is 4.16. The molecule has 0 aliphatic rings. The molecule has 2 rings (SSSR count). The van der Waals surface area contributed by atoms with Crippen LogP contribution in [0, 0.1) is 13.8 Å². The standard InChI is InChI=1S/C11H16N6O/c1-6-8(7(2)17(3)16-6)4-13-11(18)10-9(12)5-14-15-10/h5H,4,12H2,1-3H3,(H,13,18)(H,14,15). The molecule has 2 aromatic heterocycles. The molecule has 96 valence electrons. The molecule has 0 saturated carbocycles. The summed E-state index contributed by atoms with van der Waals surface area (Å²) in [5, 5.41) is 13.4. The van der Waals surface area contributed by atoms with Crippen molar-refractivity contribution in [3.05, 3.63) is 28.8 Å². The lowest BCUT2D eigenvalue weighted by Crippen LogP contribution is -2.24. The Hall–Kier alpha value is -2.31. The van der Waals surface area contributed by atoms with E-state index in [0.29, 0.717) is 12.2 Å². The van der Waals surface area contributed by atoms with Crippen molar-refractivity contribution in [2.75, 3.05) is 5.73 Å². The molecule has 4 N–H and O–H groups in total. The van der Waals surface area contributed by atoms with E-state index in [1.807, 2.05) is 20.9 Å². The zero-order valence-corrected chi connectivity index (χ0v) is 10.6. The van der Waals surface area contributed by atoms with Crippen molar-refractivity contribution >= 4 is 11.6 Å². The average molecular weight is 248 g/mol. The van der Waals surface area contributed by atoms with E-state index in [9.17, 15) is 4.79 Å². The second kappa shape index (κ2) is 4.52. The quantitative estimate of drug-likeness (QED) is 0.725. The van der Waals surface area contributed by atoms with E-state index in [4.69, 9.17) is 5.73 Å². The molecule has 0 aliphatic heterocycles. The Labute approximate surface area is 104 Å². The average Bonchev–Trinajstić information content (AvgIpc) is 2.83. The summed E-state index contributed by atoms with van der Waals surface area (Å²) in [7, 11) is 1.88. The highest BCUT2D eigenvalue weighted by atomic mass is 16.1. The maximum atomic E-state index is 11.8. The molecule has 0 unspecified atom stereocenters. The van der Waals surface area contributed by atoms with E-state index in [2.05, 4.69) is 20.6 Å². The molecule has 0 aliphatic carbocycles. The summed E-state index contributed by atoms with van der Waals surface area (Å²) in [5.41, 5.74) is 9.19. The van der Waals surface area contributed by atoms with Gasteiger partial charge < -0.3 is 11.1 Å². The van der Waals surface area contributed by atoms with Crippen LogP contribution in [0.5, 0.6) is 0 Å². The van der Waals surface area contributed by atoms with E-state index < -0.39 is 0 Å². The maximum Gasteiger partial charge on any atom is 0.271 e. The van der Waals surface area contributed by atoms with Gasteiger partial charge in [0.05, 0.1) is 17.6 Å². The predicted octanol–water partition coefficient (Wildman–Crippen LogP) is 0.272. The first-order chi connectivity index (χ1) is 8.50. The molecular formula is C11H16N6O. The summed E-state index contributed by atoms with van der Waals surface area (Å²) in [6, 6.07) is 0. The highest BCUT2D eigenvalue weighted by molar-refractivity contribution is 5.96. The van der Waals surface area contributed by atoms with E-state index in [1.54, 1.807) is 4.68 Å². The number of nitrogen functional groups attached to an aromatic ring is 1. The number of carbonyl (C=O) groups excluding carboxylic acids is 1. The molecule has 0 aromatic carbocycles. The van der Waals surface area contributed by atoms with E-state index in [1.165, 1.54) is 6.20 Å². The van der Waals surface area contributed by atoms with Crippen molar-refractivity contribution in [2.45, 2.75) is 20.4 Å². The van der Waals surface area contributed by atoms with Gasteiger partial charge in [-0.1, -0.05) is 0 Å². The smallest absolute Gasteiger partial charge is 0.271 e. The van der Waals surface area contributed by atoms with Crippen molar-refractivity contribution < 1.29 is 4.79 Å². The molecule has 7 nitrogen and oxygen atoms in total. The van der Waals surface area contributed by atoms with Gasteiger partial charge in [0.25, 0.3) is 5.91 Å². The van der Waals surface area contributed by atoms with Gasteiger partial charge in [0, 0.05) is 24.8 Å². The number of carbonyl (C=O) groups is 1. The van der Waals surface area contributed by atoms with Crippen molar-refractivity contribution in [3.8, 4) is 0 Å². The maximum absolute atomic E-state index is 11.8. The lowest BCUT2D eigenvalue weighted by Gasteiger charge is -2.05. The van der Waals surface area contributed by atoms with Gasteiger partial charge in [0.15, 0.2) is 0 Å². The highest BCUT2D eigenvalue weighted by Gasteiger charge is 2.14. The number of nitrogens with two attached hydrogens (primary N) is 1. The predicted molar refractivity (Wildman–Crippen MR) is 66.9 cm³/mol. The van der Waals surface area contributed by atoms with Gasteiger partial charge in [-0.3, -0.25) is 14.6 Å². The number of aromatic amines is 1. The van der Waals surface area contributed by atoms with Crippen LogP contribution >= 0.6 is 0 Å². The molecule has 18 heavy (non-hydrogen) atoms. The number of nitrogens with one attached hydrogen (secondary N) is 2. The molecule has 0 saturated heterocycles. The number of anilines is 1. The van der Waals surface area contributed by atoms with Gasteiger partial charge in [-0.2, -0.15) is 10.2 Å². The Morgan fingerprint density at radius 1 is 1.56 bits per heavy atom. The number of amides is 1. The fourth-order valence-electron chi connectivity index (χ4n) is 1.81. The Morgan fingerprint density at radius 3 is 2.78 bits per heavy atom. The van der Waals surface area contributed by atoms with E-state index in [0.717, 1.165) is 17.0 Å². The first-order valence-electron chi connectivity index (χ1n) is 5.56. The minimum Gasteiger partial charge on any atom is -0.396 e. The Kier molecular flexibility index (Phi) is 3.05. The molecule has 2 heterocycles. The van der Waals surface area contributed by atoms with E-state index >= 15 is 0 Å². The Morgan fingerprint density at radius 2 is 2.28 bits per heavy atom. The number of hydrogen-bond acceptors (Lipinski definition) is 4. The number of aromatic nitrogens is 4. The monoisotopic (exact) mass is 248 g/mol. The van der Waals surface area contributed by atoms with Crippen molar-refractivity contribution in [3.63, 3.8) is 0 Å². The van der Waals surface area contributed by atoms with Crippen LogP contribution in [0.1, 0.15) is 27.4 Å². The number of rotatable bonds is 3. The van der Waals surface area contributed by atoms with Crippen molar-refractivity contribution in [1.29, 1.82) is 0 Å². The highest BCUT2D eigenvalue weighted by Crippen LogP contribution is 2.12. The van der Waals surface area contributed by atoms with Crippen molar-refractivity contribution in [2.24, 2.45) is 7.05 Å². The molecule has 0 radical (unpaired) electrons. The molecule has 0 spiro atoms. The topological polar surface area (TPSA) is 102 Å². The van der Waals surface area contributed by atoms with Crippen LogP contribution in [0.25, 0.3) is 0 Å². The molecule has 7 heteroatoms. The first kappa shape index (κ1) is 12.2. The fourth-order valence-corrected chi connectivity index (χ4v) is 1.81. The molecule has 1 amide bonds. The van der Waals surface area contributed by atoms with Gasteiger partial charge in [0.2, 0.25) is 0 Å². The van der Waals surface area contributed by atoms with Crippen LogP contribution in [0.3, 0.4) is 0 Å². The minimum atomic E-state index is -0.271. The second-order valence-electron chi connectivity index (χ2n) is 4.16. The summed E-state index contributed by atoms with van der Waals surface area (Å²) in [6.07, 6.45) is 1.41. The van der Waals surface area contributed by atoms with Crippen LogP contribution in [0.4, 0.5) is 5.69 Å². The lowest BCUT2D eigenvalue weighted by atomic mass is 10.2. The fraction of sp³-hybridized carbons (Fsp3) is 0.364. The van der Waals surface area contributed by atoms with Crippen LogP contribution in [-0.4, -0.2) is 25.9 Å². The number of H-pyrrole nitrogens is 1. The van der Waals surface area contributed by atoms with Crippen LogP contribution in [-0.2, 0) is 13.6 Å². The summed E-state index contributed by atoms with van der Waals surface area (Å²) in [5.74, 6) is -0.271. The Balaban J connectivity index is 2.09. The molecular weight excluding hydrogens is 232 g/mol. The van der Waals surface area contributed by atoms with Crippen molar-refractivity contribution in [1.82, 2.24) is 25.3 Å². The summed E-state index contributed by atoms with van der Waals surface area (Å²) < 4.78 is 1.79. The van der Waals surface area contributed by atoms with Crippen LogP contribution in [0.2, 0.25) is 0 Å². The SMILES string of the molecule is Cc1nn(C)c(C)c1CNC(=O)c1[nH]ncc1N. The zero-order valence-electron chi connectivity index (χ0n) is 10.6. The number of nitrogens with zero attached hydrogens (tertiary/aromatic N) is 3. The normalized spacial score (nSPS) is 10.6. The van der Waals surface area contributed by atoms with Gasteiger partial charge in [-0.05, 0) is 13.8 Å². The summed E-state index contributed by atoms with van der Waals surface area (Å²) >= 11 is 0. The minimum absolute atomic E-state index is 0.271. The third kappa shape index (κ3) is 2.06. The van der Waals surface area contributed by atoms with Gasteiger partial charge >= 0.3 is 0 Å². The molecule has 0 atom stereocenters. The molecule has 0 fully saturated rings. The molecule has 0 bridgehead atoms.